The minimum absolute atomic E-state index is 0.312. The zero-order chi connectivity index (χ0) is 13.2. The number of aromatic nitrogens is 4. The molecule has 2 heterocycles. The fourth-order valence-electron chi connectivity index (χ4n) is 1.60. The van der Waals surface area contributed by atoms with Crippen LogP contribution in [0.1, 0.15) is 5.56 Å². The summed E-state index contributed by atoms with van der Waals surface area (Å²) in [6.45, 7) is 0.381. The Labute approximate surface area is 118 Å². The molecule has 0 saturated heterocycles. The Kier molecular flexibility index (Phi) is 3.23. The minimum atomic E-state index is 0.312. The molecule has 0 atom stereocenters. The van der Waals surface area contributed by atoms with E-state index in [-0.39, 0.29) is 0 Å². The van der Waals surface area contributed by atoms with Gasteiger partial charge >= 0.3 is 0 Å². The fourth-order valence-corrected chi connectivity index (χ4v) is 1.89. The summed E-state index contributed by atoms with van der Waals surface area (Å²) >= 11 is 11.7. The highest BCUT2D eigenvalue weighted by molar-refractivity contribution is 6.30. The minimum Gasteiger partial charge on any atom is -0.473 e. The van der Waals surface area contributed by atoms with Gasteiger partial charge in [-0.05, 0) is 17.7 Å². The second kappa shape index (κ2) is 5.03. The third kappa shape index (κ3) is 2.62. The molecular weight excluding hydrogens is 287 g/mol. The molecule has 0 aliphatic carbocycles. The van der Waals surface area contributed by atoms with Crippen LogP contribution >= 0.6 is 23.2 Å². The number of benzene rings is 1. The van der Waals surface area contributed by atoms with Crippen LogP contribution in [0.3, 0.4) is 0 Å². The first-order valence-corrected chi connectivity index (χ1v) is 6.21. The Morgan fingerprint density at radius 1 is 1.16 bits per heavy atom. The van der Waals surface area contributed by atoms with Crippen LogP contribution in [0.4, 0.5) is 0 Å². The average molecular weight is 295 g/mol. The number of rotatable bonds is 3. The summed E-state index contributed by atoms with van der Waals surface area (Å²) in [7, 11) is 0. The number of halogens is 2. The maximum absolute atomic E-state index is 5.89. The summed E-state index contributed by atoms with van der Waals surface area (Å²) in [5, 5.41) is 5.03. The number of fused-ring (bicyclic) bond motifs is 1. The third-order valence-corrected chi connectivity index (χ3v) is 2.93. The van der Waals surface area contributed by atoms with Crippen molar-refractivity contribution in [2.24, 2.45) is 0 Å². The van der Waals surface area contributed by atoms with Gasteiger partial charge in [-0.25, -0.2) is 0 Å². The van der Waals surface area contributed by atoms with E-state index in [4.69, 9.17) is 27.9 Å². The van der Waals surface area contributed by atoms with Gasteiger partial charge in [0.15, 0.2) is 0 Å². The number of hydrogen-bond donors (Lipinski definition) is 0. The second-order valence-corrected chi connectivity index (χ2v) is 4.63. The van der Waals surface area contributed by atoms with E-state index in [1.54, 1.807) is 6.07 Å². The van der Waals surface area contributed by atoms with Crippen LogP contribution in [-0.2, 0) is 6.61 Å². The summed E-state index contributed by atoms with van der Waals surface area (Å²) < 4.78 is 7.17. The average Bonchev–Trinajstić information content (AvgIpc) is 2.85. The first kappa shape index (κ1) is 12.2. The smallest absolute Gasteiger partial charge is 0.256 e. The van der Waals surface area contributed by atoms with Gasteiger partial charge in [0.1, 0.15) is 18.1 Å². The van der Waals surface area contributed by atoms with Crippen LogP contribution in [0.2, 0.25) is 10.2 Å². The Bertz CT molecular complexity index is 711. The maximum Gasteiger partial charge on any atom is 0.256 e. The molecule has 0 unspecified atom stereocenters. The maximum atomic E-state index is 5.89. The Morgan fingerprint density at radius 2 is 1.95 bits per heavy atom. The standard InChI is InChI=1S/C12H8Cl2N4O/c13-9-3-1-8(2-4-9)6-19-11-5-10(14)17-12-15-7-16-18(11)12/h1-5,7H,6H2. The highest BCUT2D eigenvalue weighted by Gasteiger charge is 2.07. The van der Waals surface area contributed by atoms with Crippen molar-refractivity contribution in [1.29, 1.82) is 0 Å². The predicted octanol–water partition coefficient (Wildman–Crippen LogP) is 3.01. The lowest BCUT2D eigenvalue weighted by atomic mass is 10.2. The largest absolute Gasteiger partial charge is 0.473 e. The first-order valence-electron chi connectivity index (χ1n) is 5.46. The monoisotopic (exact) mass is 294 g/mol. The van der Waals surface area contributed by atoms with Gasteiger partial charge in [-0.1, -0.05) is 35.3 Å². The van der Waals surface area contributed by atoms with Crippen molar-refractivity contribution in [1.82, 2.24) is 19.6 Å². The SMILES string of the molecule is Clc1ccc(COc2cc(Cl)nc3ncnn23)cc1. The number of nitrogens with zero attached hydrogens (tertiary/aromatic N) is 4. The quantitative estimate of drug-likeness (QED) is 0.697. The molecule has 3 rings (SSSR count). The van der Waals surface area contributed by atoms with E-state index in [1.807, 2.05) is 24.3 Å². The van der Waals surface area contributed by atoms with Crippen molar-refractivity contribution in [3.63, 3.8) is 0 Å². The lowest BCUT2D eigenvalue weighted by molar-refractivity contribution is 0.285. The van der Waals surface area contributed by atoms with Crippen LogP contribution in [0.5, 0.6) is 5.88 Å². The molecule has 0 aliphatic heterocycles. The molecule has 19 heavy (non-hydrogen) atoms. The first-order chi connectivity index (χ1) is 9.22. The summed E-state index contributed by atoms with van der Waals surface area (Å²) in [6.07, 6.45) is 1.40. The summed E-state index contributed by atoms with van der Waals surface area (Å²) in [4.78, 5) is 7.99. The molecule has 7 heteroatoms. The van der Waals surface area contributed by atoms with Gasteiger partial charge < -0.3 is 4.74 Å². The molecule has 0 spiro atoms. The van der Waals surface area contributed by atoms with E-state index in [9.17, 15) is 0 Å². The van der Waals surface area contributed by atoms with Crippen molar-refractivity contribution >= 4 is 29.0 Å². The molecule has 0 amide bonds. The van der Waals surface area contributed by atoms with Crippen molar-refractivity contribution in [2.75, 3.05) is 0 Å². The van der Waals surface area contributed by atoms with Crippen molar-refractivity contribution in [3.8, 4) is 5.88 Å². The van der Waals surface area contributed by atoms with Crippen LogP contribution in [0.15, 0.2) is 36.7 Å². The fraction of sp³-hybridized carbons (Fsp3) is 0.0833. The van der Waals surface area contributed by atoms with E-state index >= 15 is 0 Å². The van der Waals surface area contributed by atoms with E-state index in [1.165, 1.54) is 10.8 Å². The second-order valence-electron chi connectivity index (χ2n) is 3.80. The predicted molar refractivity (Wildman–Crippen MR) is 71.6 cm³/mol. The molecular formula is C12H8Cl2N4O. The van der Waals surface area contributed by atoms with Gasteiger partial charge in [0.25, 0.3) is 5.78 Å². The molecule has 2 aromatic heterocycles. The van der Waals surface area contributed by atoms with Gasteiger partial charge in [0, 0.05) is 11.1 Å². The van der Waals surface area contributed by atoms with Gasteiger partial charge in [-0.15, -0.1) is 0 Å². The molecule has 0 N–H and O–H groups in total. The zero-order valence-corrected chi connectivity index (χ0v) is 11.1. The van der Waals surface area contributed by atoms with E-state index < -0.39 is 0 Å². The normalized spacial score (nSPS) is 10.8. The van der Waals surface area contributed by atoms with Crippen LogP contribution in [0.25, 0.3) is 5.78 Å². The molecule has 0 bridgehead atoms. The molecule has 5 nitrogen and oxygen atoms in total. The van der Waals surface area contributed by atoms with Gasteiger partial charge in [-0.3, -0.25) is 0 Å². The molecule has 0 radical (unpaired) electrons. The topological polar surface area (TPSA) is 52.3 Å². The molecule has 0 fully saturated rings. The number of ether oxygens (including phenoxy) is 1. The van der Waals surface area contributed by atoms with Crippen LogP contribution in [0, 0.1) is 0 Å². The molecule has 0 saturated carbocycles. The Balaban J connectivity index is 1.85. The molecule has 3 aromatic rings. The van der Waals surface area contributed by atoms with E-state index in [2.05, 4.69) is 15.1 Å². The highest BCUT2D eigenvalue weighted by atomic mass is 35.5. The number of hydrogen-bond acceptors (Lipinski definition) is 4. The lowest BCUT2D eigenvalue weighted by Crippen LogP contribution is -2.02. The Morgan fingerprint density at radius 3 is 2.74 bits per heavy atom. The van der Waals surface area contributed by atoms with Crippen molar-refractivity contribution < 1.29 is 4.74 Å². The summed E-state index contributed by atoms with van der Waals surface area (Å²) in [5.74, 6) is 0.890. The van der Waals surface area contributed by atoms with Crippen molar-refractivity contribution in [2.45, 2.75) is 6.61 Å². The van der Waals surface area contributed by atoms with E-state index in [0.717, 1.165) is 5.56 Å². The zero-order valence-electron chi connectivity index (χ0n) is 9.62. The molecule has 0 aliphatic rings. The Hall–Kier alpha value is -1.85. The summed E-state index contributed by atoms with van der Waals surface area (Å²) in [6, 6.07) is 9.00. The van der Waals surface area contributed by atoms with Crippen molar-refractivity contribution in [3.05, 3.63) is 52.4 Å². The van der Waals surface area contributed by atoms with E-state index in [0.29, 0.717) is 28.4 Å². The molecule has 1 aromatic carbocycles. The summed E-state index contributed by atoms with van der Waals surface area (Å²) in [5.41, 5.74) is 0.991. The van der Waals surface area contributed by atoms with Crippen LogP contribution in [-0.4, -0.2) is 19.6 Å². The van der Waals surface area contributed by atoms with Crippen LogP contribution < -0.4 is 4.74 Å². The highest BCUT2D eigenvalue weighted by Crippen LogP contribution is 2.18. The third-order valence-electron chi connectivity index (χ3n) is 2.49. The van der Waals surface area contributed by atoms with Gasteiger partial charge in [-0.2, -0.15) is 19.6 Å². The molecule has 96 valence electrons. The van der Waals surface area contributed by atoms with Gasteiger partial charge in [0.2, 0.25) is 5.88 Å². The lowest BCUT2D eigenvalue weighted by Gasteiger charge is -2.07. The van der Waals surface area contributed by atoms with Gasteiger partial charge in [0.05, 0.1) is 0 Å².